The molecule has 0 saturated carbocycles. The van der Waals surface area contributed by atoms with Gasteiger partial charge in [-0.2, -0.15) is 0 Å². The third kappa shape index (κ3) is 1.09. The minimum absolute atomic E-state index is 0.631. The molecule has 2 heterocycles. The molecule has 0 unspecified atom stereocenters. The highest BCUT2D eigenvalue weighted by Crippen LogP contribution is 2.38. The van der Waals surface area contributed by atoms with Crippen molar-refractivity contribution in [2.75, 3.05) is 0 Å². The average Bonchev–Trinajstić information content (AvgIpc) is 2.60. The number of nitrogens with zero attached hydrogens (tertiary/aromatic N) is 2. The average molecular weight is 225 g/mol. The van der Waals surface area contributed by atoms with Gasteiger partial charge >= 0.3 is 0 Å². The van der Waals surface area contributed by atoms with Crippen molar-refractivity contribution in [2.45, 2.75) is 26.2 Å². The van der Waals surface area contributed by atoms with Crippen LogP contribution in [0.3, 0.4) is 0 Å². The molecule has 0 radical (unpaired) electrons. The van der Waals surface area contributed by atoms with Crippen molar-refractivity contribution in [3.05, 3.63) is 21.4 Å². The van der Waals surface area contributed by atoms with Crippen molar-refractivity contribution in [1.82, 2.24) is 9.97 Å². The van der Waals surface area contributed by atoms with Gasteiger partial charge in [-0.1, -0.05) is 11.6 Å². The topological polar surface area (TPSA) is 25.8 Å². The number of thiophene rings is 1. The molecule has 4 heteroatoms. The molecule has 0 bridgehead atoms. The number of fused-ring (bicyclic) bond motifs is 3. The molecule has 0 atom stereocenters. The molecule has 1 aliphatic carbocycles. The molecule has 3 rings (SSSR count). The van der Waals surface area contributed by atoms with Crippen LogP contribution in [-0.2, 0) is 12.8 Å². The fraction of sp³-hybridized carbons (Fsp3) is 0.400. The van der Waals surface area contributed by atoms with Crippen molar-refractivity contribution in [1.29, 1.82) is 0 Å². The van der Waals surface area contributed by atoms with Crippen LogP contribution in [0.1, 0.15) is 22.7 Å². The first-order chi connectivity index (χ1) is 6.75. The van der Waals surface area contributed by atoms with E-state index in [0.29, 0.717) is 5.15 Å². The summed E-state index contributed by atoms with van der Waals surface area (Å²) in [6.07, 6.45) is 3.58. The Bertz CT molecular complexity index is 518. The zero-order valence-corrected chi connectivity index (χ0v) is 9.37. The number of halogens is 1. The van der Waals surface area contributed by atoms with Crippen molar-refractivity contribution >= 4 is 33.2 Å². The number of hydrogen-bond acceptors (Lipinski definition) is 3. The molecule has 0 aromatic carbocycles. The van der Waals surface area contributed by atoms with Gasteiger partial charge in [0.25, 0.3) is 0 Å². The smallest absolute Gasteiger partial charge is 0.141 e. The van der Waals surface area contributed by atoms with Crippen molar-refractivity contribution in [3.63, 3.8) is 0 Å². The molecule has 2 aromatic heterocycles. The molecule has 1 aliphatic rings. The highest BCUT2D eigenvalue weighted by Gasteiger charge is 2.20. The Balaban J connectivity index is 2.43. The highest BCUT2D eigenvalue weighted by molar-refractivity contribution is 7.19. The summed E-state index contributed by atoms with van der Waals surface area (Å²) in [4.78, 5) is 11.2. The van der Waals surface area contributed by atoms with Gasteiger partial charge < -0.3 is 0 Å². The minimum atomic E-state index is 0.631. The lowest BCUT2D eigenvalue weighted by atomic mass is 10.2. The Morgan fingerprint density at radius 2 is 2.14 bits per heavy atom. The first-order valence-electron chi connectivity index (χ1n) is 4.70. The summed E-state index contributed by atoms with van der Waals surface area (Å²) in [5.41, 5.74) is 1.40. The predicted octanol–water partition coefficient (Wildman–Crippen LogP) is 3.14. The van der Waals surface area contributed by atoms with Crippen LogP contribution in [-0.4, -0.2) is 9.97 Å². The Kier molecular flexibility index (Phi) is 1.79. The Morgan fingerprint density at radius 3 is 3.00 bits per heavy atom. The lowest BCUT2D eigenvalue weighted by Crippen LogP contribution is -1.88. The van der Waals surface area contributed by atoms with Crippen LogP contribution in [0.25, 0.3) is 10.2 Å². The number of aryl methyl sites for hydroxylation is 3. The fourth-order valence-electron chi connectivity index (χ4n) is 2.05. The maximum Gasteiger partial charge on any atom is 0.141 e. The second-order valence-corrected chi connectivity index (χ2v) is 5.04. The monoisotopic (exact) mass is 224 g/mol. The second kappa shape index (κ2) is 2.91. The van der Waals surface area contributed by atoms with Crippen LogP contribution in [0.4, 0.5) is 0 Å². The van der Waals surface area contributed by atoms with Gasteiger partial charge in [-0.25, -0.2) is 9.97 Å². The summed E-state index contributed by atoms with van der Waals surface area (Å²) in [6.45, 7) is 1.89. The SMILES string of the molecule is Cc1nc(Cl)c2c3c(sc2n1)CCC3. The van der Waals surface area contributed by atoms with E-state index in [1.165, 1.54) is 23.3 Å². The fourth-order valence-corrected chi connectivity index (χ4v) is 3.74. The van der Waals surface area contributed by atoms with Crippen LogP contribution in [0.15, 0.2) is 0 Å². The molecule has 0 N–H and O–H groups in total. The largest absolute Gasteiger partial charge is 0.222 e. The lowest BCUT2D eigenvalue weighted by molar-refractivity contribution is 0.916. The number of hydrogen-bond donors (Lipinski definition) is 0. The van der Waals surface area contributed by atoms with Gasteiger partial charge in [0.1, 0.15) is 15.8 Å². The van der Waals surface area contributed by atoms with Gasteiger partial charge in [0.05, 0.1) is 5.39 Å². The van der Waals surface area contributed by atoms with E-state index >= 15 is 0 Å². The summed E-state index contributed by atoms with van der Waals surface area (Å²) in [5, 5.41) is 1.74. The standard InChI is InChI=1S/C10H9ClN2S/c1-5-12-9(11)8-6-3-2-4-7(6)14-10(8)13-5/h2-4H2,1H3. The van der Waals surface area contributed by atoms with E-state index in [1.54, 1.807) is 11.3 Å². The minimum Gasteiger partial charge on any atom is -0.222 e. The third-order valence-electron chi connectivity index (χ3n) is 2.63. The summed E-state index contributed by atoms with van der Waals surface area (Å²) in [6, 6.07) is 0. The van der Waals surface area contributed by atoms with Gasteiger partial charge in [-0.05, 0) is 31.7 Å². The van der Waals surface area contributed by atoms with Crippen LogP contribution in [0.5, 0.6) is 0 Å². The molecule has 14 heavy (non-hydrogen) atoms. The zero-order chi connectivity index (χ0) is 9.71. The lowest BCUT2D eigenvalue weighted by Gasteiger charge is -1.97. The molecule has 2 aromatic rings. The molecule has 0 amide bonds. The maximum atomic E-state index is 6.14. The summed E-state index contributed by atoms with van der Waals surface area (Å²) >= 11 is 7.92. The summed E-state index contributed by atoms with van der Waals surface area (Å²) in [5.74, 6) is 0.766. The summed E-state index contributed by atoms with van der Waals surface area (Å²) < 4.78 is 0. The van der Waals surface area contributed by atoms with Gasteiger partial charge in [-0.3, -0.25) is 0 Å². The predicted molar refractivity (Wildman–Crippen MR) is 59.2 cm³/mol. The van der Waals surface area contributed by atoms with E-state index in [2.05, 4.69) is 9.97 Å². The number of rotatable bonds is 0. The van der Waals surface area contributed by atoms with Gasteiger partial charge in [0, 0.05) is 4.88 Å². The zero-order valence-electron chi connectivity index (χ0n) is 7.80. The van der Waals surface area contributed by atoms with E-state index in [0.717, 1.165) is 22.5 Å². The molecule has 0 spiro atoms. The molecule has 0 aliphatic heterocycles. The van der Waals surface area contributed by atoms with E-state index in [9.17, 15) is 0 Å². The second-order valence-electron chi connectivity index (χ2n) is 3.60. The van der Waals surface area contributed by atoms with Crippen molar-refractivity contribution in [3.8, 4) is 0 Å². The van der Waals surface area contributed by atoms with Gasteiger partial charge in [0.15, 0.2) is 0 Å². The van der Waals surface area contributed by atoms with Gasteiger partial charge in [0.2, 0.25) is 0 Å². The first kappa shape index (κ1) is 8.62. The van der Waals surface area contributed by atoms with Gasteiger partial charge in [-0.15, -0.1) is 11.3 Å². The van der Waals surface area contributed by atoms with E-state index < -0.39 is 0 Å². The Morgan fingerprint density at radius 1 is 1.29 bits per heavy atom. The third-order valence-corrected chi connectivity index (χ3v) is 4.09. The molecule has 0 fully saturated rings. The Labute approximate surface area is 90.9 Å². The van der Waals surface area contributed by atoms with E-state index in [-0.39, 0.29) is 0 Å². The van der Waals surface area contributed by atoms with Crippen LogP contribution in [0, 0.1) is 6.92 Å². The van der Waals surface area contributed by atoms with Crippen molar-refractivity contribution < 1.29 is 0 Å². The summed E-state index contributed by atoms with van der Waals surface area (Å²) in [7, 11) is 0. The van der Waals surface area contributed by atoms with Crippen molar-refractivity contribution in [2.24, 2.45) is 0 Å². The molecule has 72 valence electrons. The van der Waals surface area contributed by atoms with Crippen LogP contribution in [0.2, 0.25) is 5.15 Å². The van der Waals surface area contributed by atoms with Crippen LogP contribution < -0.4 is 0 Å². The molecular weight excluding hydrogens is 216 g/mol. The molecule has 2 nitrogen and oxygen atoms in total. The first-order valence-corrected chi connectivity index (χ1v) is 5.89. The van der Waals surface area contributed by atoms with E-state index in [4.69, 9.17) is 11.6 Å². The maximum absolute atomic E-state index is 6.14. The normalized spacial score (nSPS) is 15.0. The Hall–Kier alpha value is -0.670. The van der Waals surface area contributed by atoms with E-state index in [1.807, 2.05) is 6.92 Å². The van der Waals surface area contributed by atoms with Crippen LogP contribution >= 0.6 is 22.9 Å². The quantitative estimate of drug-likeness (QED) is 0.643. The highest BCUT2D eigenvalue weighted by atomic mass is 35.5. The molecular formula is C10H9ClN2S. The number of aromatic nitrogens is 2. The molecule has 0 saturated heterocycles.